The molecule has 0 fully saturated rings. The van der Waals surface area contributed by atoms with E-state index in [0.29, 0.717) is 0 Å². The minimum atomic E-state index is 0.893. The van der Waals surface area contributed by atoms with Gasteiger partial charge in [0, 0.05) is 98.4 Å². The SMILES string of the molecule is c1ccc(-c2ccc3ccc4ccc(-c5cccc(-c6nc7c(-c8ccc9c%10ccccc%10c%10ccccc%10c9c8)cccc7c7c6ccc6ccccc67)c5)nc4c3n2)cc1.c1ccc(-c2ccc3ccc4ccc(-c5cccc(-c6nc7c(-c8ccccc8)cccc7c7c6ccc6ccccc67)c5)nc4c3n2)cc1. The van der Waals surface area contributed by atoms with Gasteiger partial charge in [0.2, 0.25) is 0 Å². The highest BCUT2D eigenvalue weighted by molar-refractivity contribution is 6.28. The van der Waals surface area contributed by atoms with Crippen LogP contribution >= 0.6 is 0 Å². The number of fused-ring (bicyclic) bond motifs is 22. The average molecular weight is 1420 g/mol. The van der Waals surface area contributed by atoms with Gasteiger partial charge in [-0.3, -0.25) is 0 Å². The Hall–Kier alpha value is -15.0. The van der Waals surface area contributed by atoms with E-state index in [1.54, 1.807) is 0 Å². The second kappa shape index (κ2) is 26.5. The molecule has 0 aliphatic carbocycles. The first kappa shape index (κ1) is 64.2. The van der Waals surface area contributed by atoms with Crippen LogP contribution in [-0.2, 0) is 0 Å². The first-order valence-corrected chi connectivity index (χ1v) is 38.1. The van der Waals surface area contributed by atoms with Crippen molar-refractivity contribution in [2.75, 3.05) is 0 Å². The van der Waals surface area contributed by atoms with Crippen molar-refractivity contribution in [2.45, 2.75) is 0 Å². The quantitative estimate of drug-likeness (QED) is 0.141. The second-order valence-corrected chi connectivity index (χ2v) is 29.1. The van der Waals surface area contributed by atoms with Gasteiger partial charge in [-0.1, -0.05) is 346 Å². The summed E-state index contributed by atoms with van der Waals surface area (Å²) in [5.41, 5.74) is 22.0. The minimum Gasteiger partial charge on any atom is -0.246 e. The molecule has 6 heterocycles. The summed E-state index contributed by atoms with van der Waals surface area (Å²) in [6.07, 6.45) is 0. The third kappa shape index (κ3) is 10.9. The predicted molar refractivity (Wildman–Crippen MR) is 471 cm³/mol. The molecule has 6 aromatic heterocycles. The highest BCUT2D eigenvalue weighted by Crippen LogP contribution is 2.46. The first-order chi connectivity index (χ1) is 55.5. The molecule has 0 amide bonds. The monoisotopic (exact) mass is 1420 g/mol. The molecule has 0 spiro atoms. The van der Waals surface area contributed by atoms with E-state index in [2.05, 4.69) is 364 Å². The fraction of sp³-hybridized carbons (Fsp3) is 0. The van der Waals surface area contributed by atoms with Crippen LogP contribution in [0.5, 0.6) is 0 Å². The van der Waals surface area contributed by atoms with Crippen molar-refractivity contribution in [1.29, 1.82) is 0 Å². The predicted octanol–water partition coefficient (Wildman–Crippen LogP) is 28.1. The summed E-state index contributed by atoms with van der Waals surface area (Å²) < 4.78 is 0. The van der Waals surface area contributed by atoms with Crippen molar-refractivity contribution in [3.8, 4) is 89.8 Å². The number of aromatic nitrogens is 6. The lowest BCUT2D eigenvalue weighted by atomic mass is 9.90. The summed E-state index contributed by atoms with van der Waals surface area (Å²) in [6, 6.07) is 138. The van der Waals surface area contributed by atoms with Gasteiger partial charge in [0.15, 0.2) is 0 Å². The van der Waals surface area contributed by atoms with Crippen LogP contribution in [0.25, 0.3) is 231 Å². The second-order valence-electron chi connectivity index (χ2n) is 29.1. The molecule has 0 aliphatic rings. The van der Waals surface area contributed by atoms with Gasteiger partial charge in [0.05, 0.1) is 67.3 Å². The number of hydrogen-bond acceptors (Lipinski definition) is 6. The Morgan fingerprint density at radius 2 is 0.429 bits per heavy atom. The standard InChI is InChI=1S/C59H35N3.C47H29N3/c1-2-13-37(14-3-1)53-32-28-38-24-25-39-29-33-54(61-58(39)57(38)60-53)41-15-10-16-42(34-41)56-51-31-26-36-12-4-5-17-43(36)55(51)50-23-11-22-44(59(50)62-56)40-27-30-49-47-20-7-6-18-45(47)46-19-8-9-21-48(46)52(49)35-40;1-3-11-30(12-4-1)38-19-10-20-39-43-37-18-8-7-13-31(37)23-26-40(43)44(50-47(38)39)36-17-9-16-35(29-36)42-28-25-34-22-21-33-24-27-41(32-14-5-2-6-15-32)48-45(33)46(34)49-42/h1-35H;1-29H. The van der Waals surface area contributed by atoms with E-state index in [-0.39, 0.29) is 0 Å². The third-order valence-corrected chi connectivity index (χ3v) is 22.6. The van der Waals surface area contributed by atoms with Crippen LogP contribution in [0.1, 0.15) is 0 Å². The molecule has 23 rings (SSSR count). The molecule has 23 aromatic rings. The molecule has 0 unspecified atom stereocenters. The average Bonchev–Trinajstić information content (AvgIpc) is 0.732. The molecule has 0 atom stereocenters. The highest BCUT2D eigenvalue weighted by Gasteiger charge is 2.22. The summed E-state index contributed by atoms with van der Waals surface area (Å²) in [6.45, 7) is 0. The molecule has 6 nitrogen and oxygen atoms in total. The van der Waals surface area contributed by atoms with Crippen molar-refractivity contribution < 1.29 is 0 Å². The summed E-state index contributed by atoms with van der Waals surface area (Å²) >= 11 is 0. The number of para-hydroxylation sites is 2. The van der Waals surface area contributed by atoms with E-state index in [4.69, 9.17) is 29.9 Å². The summed E-state index contributed by atoms with van der Waals surface area (Å²) in [7, 11) is 0. The number of rotatable bonds is 8. The Morgan fingerprint density at radius 3 is 0.857 bits per heavy atom. The Morgan fingerprint density at radius 1 is 0.134 bits per heavy atom. The minimum absolute atomic E-state index is 0.893. The van der Waals surface area contributed by atoms with E-state index in [1.165, 1.54) is 64.6 Å². The molecule has 0 N–H and O–H groups in total. The number of hydrogen-bond donors (Lipinski definition) is 0. The normalized spacial score (nSPS) is 11.8. The van der Waals surface area contributed by atoms with Crippen molar-refractivity contribution in [2.24, 2.45) is 0 Å². The van der Waals surface area contributed by atoms with Crippen molar-refractivity contribution >= 4 is 141 Å². The van der Waals surface area contributed by atoms with Gasteiger partial charge in [-0.25, -0.2) is 29.9 Å². The number of nitrogens with zero attached hydrogens (tertiary/aromatic N) is 6. The largest absolute Gasteiger partial charge is 0.246 e. The van der Waals surface area contributed by atoms with E-state index < -0.39 is 0 Å². The molecule has 518 valence electrons. The zero-order valence-corrected chi connectivity index (χ0v) is 60.6. The zero-order valence-electron chi connectivity index (χ0n) is 60.6. The van der Waals surface area contributed by atoms with Gasteiger partial charge in [0.25, 0.3) is 0 Å². The van der Waals surface area contributed by atoms with Crippen molar-refractivity contribution in [3.63, 3.8) is 0 Å². The highest BCUT2D eigenvalue weighted by atomic mass is 14.8. The maximum Gasteiger partial charge on any atom is 0.0972 e. The molecular formula is C106H64N6. The van der Waals surface area contributed by atoms with Crippen LogP contribution in [0.15, 0.2) is 388 Å². The molecule has 0 aliphatic heterocycles. The Kier molecular flexibility index (Phi) is 15.2. The van der Waals surface area contributed by atoms with Crippen LogP contribution in [0, 0.1) is 0 Å². The number of pyridine rings is 6. The lowest BCUT2D eigenvalue weighted by Crippen LogP contribution is -1.94. The van der Waals surface area contributed by atoms with Crippen LogP contribution in [0.4, 0.5) is 0 Å². The van der Waals surface area contributed by atoms with Crippen LogP contribution in [0.3, 0.4) is 0 Å². The lowest BCUT2D eigenvalue weighted by molar-refractivity contribution is 1.36. The zero-order chi connectivity index (χ0) is 73.7. The first-order valence-electron chi connectivity index (χ1n) is 38.1. The van der Waals surface area contributed by atoms with E-state index >= 15 is 0 Å². The summed E-state index contributed by atoms with van der Waals surface area (Å²) in [4.78, 5) is 32.1. The molecule has 0 saturated carbocycles. The lowest BCUT2D eigenvalue weighted by Gasteiger charge is -2.16. The molecule has 0 radical (unpaired) electrons. The summed E-state index contributed by atoms with van der Waals surface area (Å²) in [5, 5.41) is 23.7. The Labute approximate surface area is 644 Å². The van der Waals surface area contributed by atoms with E-state index in [0.717, 1.165) is 166 Å². The fourth-order valence-electron chi connectivity index (χ4n) is 17.2. The van der Waals surface area contributed by atoms with Crippen LogP contribution < -0.4 is 0 Å². The van der Waals surface area contributed by atoms with Crippen LogP contribution in [-0.4, -0.2) is 29.9 Å². The molecule has 0 bridgehead atoms. The molecular weight excluding hydrogens is 1360 g/mol. The Bertz CT molecular complexity index is 7780. The maximum atomic E-state index is 5.68. The molecule has 6 heteroatoms. The topological polar surface area (TPSA) is 77.3 Å². The Balaban J connectivity index is 0.000000141. The molecule has 0 saturated heterocycles. The summed E-state index contributed by atoms with van der Waals surface area (Å²) in [5.74, 6) is 0. The number of benzene rings is 17. The van der Waals surface area contributed by atoms with E-state index in [1.807, 2.05) is 24.3 Å². The van der Waals surface area contributed by atoms with E-state index in [9.17, 15) is 0 Å². The van der Waals surface area contributed by atoms with Gasteiger partial charge < -0.3 is 0 Å². The van der Waals surface area contributed by atoms with Crippen molar-refractivity contribution in [3.05, 3.63) is 388 Å². The smallest absolute Gasteiger partial charge is 0.0972 e. The molecule has 17 aromatic carbocycles. The van der Waals surface area contributed by atoms with Gasteiger partial charge >= 0.3 is 0 Å². The van der Waals surface area contributed by atoms with Gasteiger partial charge in [0.1, 0.15) is 0 Å². The molecule has 112 heavy (non-hydrogen) atoms. The third-order valence-electron chi connectivity index (χ3n) is 22.6. The van der Waals surface area contributed by atoms with Gasteiger partial charge in [-0.15, -0.1) is 0 Å². The maximum absolute atomic E-state index is 5.68. The van der Waals surface area contributed by atoms with Gasteiger partial charge in [-0.05, 0) is 107 Å². The fourth-order valence-corrected chi connectivity index (χ4v) is 17.2. The van der Waals surface area contributed by atoms with Crippen molar-refractivity contribution in [1.82, 2.24) is 29.9 Å². The van der Waals surface area contributed by atoms with Gasteiger partial charge in [-0.2, -0.15) is 0 Å². The van der Waals surface area contributed by atoms with Crippen LogP contribution in [0.2, 0.25) is 0 Å².